The summed E-state index contributed by atoms with van der Waals surface area (Å²) in [5.41, 5.74) is 0. The van der Waals surface area contributed by atoms with E-state index >= 15 is 0 Å². The van der Waals surface area contributed by atoms with E-state index in [1.807, 2.05) is 0 Å². The van der Waals surface area contributed by atoms with Crippen LogP contribution in [-0.4, -0.2) is 0 Å². The highest BCUT2D eigenvalue weighted by Crippen LogP contribution is 2.17. The highest BCUT2D eigenvalue weighted by Gasteiger charge is 2.00. The van der Waals surface area contributed by atoms with Gasteiger partial charge in [0.25, 0.3) is 0 Å². The van der Waals surface area contributed by atoms with Gasteiger partial charge in [-0.25, -0.2) is 0 Å². The van der Waals surface area contributed by atoms with Crippen LogP contribution in [0.5, 0.6) is 0 Å². The number of rotatable bonds is 24. The third-order valence-electron chi connectivity index (χ3n) is 6.30. The van der Waals surface area contributed by atoms with Crippen LogP contribution in [0.15, 0.2) is 12.2 Å². The van der Waals surface area contributed by atoms with E-state index in [0.29, 0.717) is 0 Å². The van der Waals surface area contributed by atoms with Crippen molar-refractivity contribution in [3.05, 3.63) is 26.0 Å². The Kier molecular flexibility index (Phi) is 25.5. The molecule has 0 spiro atoms. The van der Waals surface area contributed by atoms with Crippen LogP contribution in [0.2, 0.25) is 0 Å². The van der Waals surface area contributed by atoms with Crippen molar-refractivity contribution in [1.29, 1.82) is 0 Å². The van der Waals surface area contributed by atoms with Gasteiger partial charge in [-0.1, -0.05) is 155 Å². The van der Waals surface area contributed by atoms with E-state index in [4.69, 9.17) is 0 Å². The van der Waals surface area contributed by atoms with E-state index in [-0.39, 0.29) is 0 Å². The van der Waals surface area contributed by atoms with Crippen molar-refractivity contribution in [2.24, 2.45) is 5.92 Å². The molecule has 0 heteroatoms. The zero-order valence-electron chi connectivity index (χ0n) is 20.4. The Labute approximate surface area is 186 Å². The predicted octanol–water partition coefficient (Wildman–Crippen LogP) is 10.8. The van der Waals surface area contributed by atoms with Crippen LogP contribution in [0.25, 0.3) is 0 Å². The van der Waals surface area contributed by atoms with Crippen LogP contribution >= 0.6 is 0 Å². The van der Waals surface area contributed by atoms with Gasteiger partial charge in [0.1, 0.15) is 0 Å². The van der Waals surface area contributed by atoms with Crippen LogP contribution in [-0.2, 0) is 0 Å². The third kappa shape index (κ3) is 25.7. The molecule has 1 atom stereocenters. The van der Waals surface area contributed by atoms with Gasteiger partial charge in [-0.2, -0.15) is 0 Å². The summed E-state index contributed by atoms with van der Waals surface area (Å²) in [5, 5.41) is 0. The van der Waals surface area contributed by atoms with Gasteiger partial charge >= 0.3 is 0 Å². The molecule has 0 bridgehead atoms. The molecule has 29 heavy (non-hydrogen) atoms. The van der Waals surface area contributed by atoms with E-state index < -0.39 is 0 Å². The lowest BCUT2D eigenvalue weighted by Gasteiger charge is -2.09. The molecule has 0 aliphatic carbocycles. The first kappa shape index (κ1) is 28.7. The molecule has 2 radical (unpaired) electrons. The molecule has 0 rings (SSSR count). The van der Waals surface area contributed by atoms with E-state index in [9.17, 15) is 0 Å². The molecule has 0 saturated carbocycles. The molecule has 0 fully saturated rings. The molecule has 0 heterocycles. The fraction of sp³-hybridized carbons (Fsp3) is 0.862. The van der Waals surface area contributed by atoms with Gasteiger partial charge in [0.05, 0.1) is 0 Å². The van der Waals surface area contributed by atoms with E-state index in [1.165, 1.54) is 135 Å². The maximum Gasteiger partial charge on any atom is -0.0351 e. The molecule has 0 aliphatic heterocycles. The Morgan fingerprint density at radius 3 is 1.24 bits per heavy atom. The first-order valence-electron chi connectivity index (χ1n) is 13.5. The maximum absolute atomic E-state index is 3.96. The summed E-state index contributed by atoms with van der Waals surface area (Å²) in [7, 11) is 0. The Hall–Kier alpha value is -0.260. The summed E-state index contributed by atoms with van der Waals surface area (Å²) in [6, 6.07) is 0. The zero-order valence-corrected chi connectivity index (χ0v) is 20.4. The van der Waals surface area contributed by atoms with Gasteiger partial charge in [-0.15, -0.1) is 0 Å². The quantitative estimate of drug-likeness (QED) is 0.111. The molecular formula is C29H56. The van der Waals surface area contributed by atoms with Crippen LogP contribution in [0.3, 0.4) is 0 Å². The maximum atomic E-state index is 3.96. The lowest BCUT2D eigenvalue weighted by Crippen LogP contribution is -1.93. The minimum absolute atomic E-state index is 0.895. The average molecular weight is 405 g/mol. The van der Waals surface area contributed by atoms with Gasteiger partial charge in [-0.05, 0) is 31.6 Å². The normalized spacial score (nSPS) is 12.8. The van der Waals surface area contributed by atoms with Crippen LogP contribution in [0.1, 0.15) is 155 Å². The highest BCUT2D eigenvalue weighted by atomic mass is 14.1. The summed E-state index contributed by atoms with van der Waals surface area (Å²) in [6.07, 6.45) is 36.7. The van der Waals surface area contributed by atoms with Crippen molar-refractivity contribution in [2.75, 3.05) is 0 Å². The van der Waals surface area contributed by atoms with Crippen molar-refractivity contribution in [3.8, 4) is 0 Å². The Morgan fingerprint density at radius 1 is 0.448 bits per heavy atom. The van der Waals surface area contributed by atoms with Crippen molar-refractivity contribution in [3.63, 3.8) is 0 Å². The molecule has 0 N–H and O–H groups in total. The average Bonchev–Trinajstić information content (AvgIpc) is 2.72. The molecule has 0 saturated heterocycles. The Balaban J connectivity index is 3.09. The Bertz CT molecular complexity index is 303. The van der Waals surface area contributed by atoms with Crippen LogP contribution < -0.4 is 0 Å². The molecule has 0 amide bonds. The van der Waals surface area contributed by atoms with Crippen molar-refractivity contribution in [1.82, 2.24) is 0 Å². The van der Waals surface area contributed by atoms with Gasteiger partial charge in [0.15, 0.2) is 0 Å². The topological polar surface area (TPSA) is 0 Å². The highest BCUT2D eigenvalue weighted by molar-refractivity contribution is 4.81. The van der Waals surface area contributed by atoms with Crippen molar-refractivity contribution < 1.29 is 0 Å². The van der Waals surface area contributed by atoms with Crippen LogP contribution in [0, 0.1) is 19.8 Å². The number of allylic oxidation sites excluding steroid dienone is 2. The smallest absolute Gasteiger partial charge is 0.0351 e. The third-order valence-corrected chi connectivity index (χ3v) is 6.30. The summed E-state index contributed by atoms with van der Waals surface area (Å²) in [4.78, 5) is 0. The molecule has 0 aliphatic rings. The van der Waals surface area contributed by atoms with E-state index in [1.54, 1.807) is 0 Å². The number of hydrogen-bond donors (Lipinski definition) is 0. The standard InChI is InChI=1S/C29H56/c1-4-6-7-8-9-10-11-12-13-14-15-16-17-18-19-20-21-22-23-24-25-26-28-29(3)27-5-2/h13-14,29H,1-2,4-12,15-28H2,3H3/b14-13+. The van der Waals surface area contributed by atoms with Gasteiger partial charge in [-0.3, -0.25) is 0 Å². The molecule has 0 aromatic heterocycles. The predicted molar refractivity (Wildman–Crippen MR) is 135 cm³/mol. The second-order valence-electron chi connectivity index (χ2n) is 9.45. The molecule has 0 nitrogen and oxygen atoms in total. The minimum atomic E-state index is 0.895. The molecular weight excluding hydrogens is 348 g/mol. The second kappa shape index (κ2) is 25.8. The van der Waals surface area contributed by atoms with E-state index in [2.05, 4.69) is 32.9 Å². The molecule has 0 aromatic rings. The lowest BCUT2D eigenvalue weighted by atomic mass is 9.98. The van der Waals surface area contributed by atoms with Crippen molar-refractivity contribution in [2.45, 2.75) is 155 Å². The first-order valence-corrected chi connectivity index (χ1v) is 13.5. The van der Waals surface area contributed by atoms with Gasteiger partial charge in [0, 0.05) is 0 Å². The van der Waals surface area contributed by atoms with Crippen molar-refractivity contribution >= 4 is 0 Å². The van der Waals surface area contributed by atoms with Gasteiger partial charge < -0.3 is 0 Å². The summed E-state index contributed by atoms with van der Waals surface area (Å²) < 4.78 is 0. The fourth-order valence-corrected chi connectivity index (χ4v) is 4.22. The van der Waals surface area contributed by atoms with E-state index in [0.717, 1.165) is 18.8 Å². The summed E-state index contributed by atoms with van der Waals surface area (Å²) >= 11 is 0. The summed E-state index contributed by atoms with van der Waals surface area (Å²) in [5.74, 6) is 0.895. The number of unbranched alkanes of at least 4 members (excludes halogenated alkanes) is 18. The zero-order chi connectivity index (χ0) is 21.3. The molecule has 0 aromatic carbocycles. The fourth-order valence-electron chi connectivity index (χ4n) is 4.22. The Morgan fingerprint density at radius 2 is 0.828 bits per heavy atom. The van der Waals surface area contributed by atoms with Crippen LogP contribution in [0.4, 0.5) is 0 Å². The largest absolute Gasteiger partial charge is 0.0885 e. The molecule has 1 unspecified atom stereocenters. The lowest BCUT2D eigenvalue weighted by molar-refractivity contribution is 0.456. The van der Waals surface area contributed by atoms with Gasteiger partial charge in [0.2, 0.25) is 0 Å². The SMILES string of the molecule is [CH2]CCCCCCCC/C=C/CCCCCCCCCCCCCC(C)CC[CH2]. The first-order chi connectivity index (χ1) is 14.3. The molecule has 172 valence electrons. The summed E-state index contributed by atoms with van der Waals surface area (Å²) in [6.45, 7) is 10.3. The monoisotopic (exact) mass is 404 g/mol. The number of hydrogen-bond acceptors (Lipinski definition) is 0. The minimum Gasteiger partial charge on any atom is -0.0885 e. The second-order valence-corrected chi connectivity index (χ2v) is 9.45.